The molecular weight excluding hydrogens is 452 g/mol. The zero-order chi connectivity index (χ0) is 25.9. The number of aromatic nitrogens is 1. The maximum Gasteiger partial charge on any atom is 0.313 e. The maximum absolute atomic E-state index is 13.3. The third-order valence-corrected chi connectivity index (χ3v) is 6.45. The van der Waals surface area contributed by atoms with Crippen LogP contribution in [0.1, 0.15) is 56.9 Å². The van der Waals surface area contributed by atoms with Crippen LogP contribution in [-0.4, -0.2) is 34.3 Å². The number of hydrogen-bond donors (Lipinski definition) is 2. The second-order valence-corrected chi connectivity index (χ2v) is 9.39. The van der Waals surface area contributed by atoms with Crippen LogP contribution in [0.3, 0.4) is 0 Å². The number of rotatable bonds is 8. The first-order chi connectivity index (χ1) is 17.2. The minimum absolute atomic E-state index is 0.204. The van der Waals surface area contributed by atoms with Gasteiger partial charge in [-0.1, -0.05) is 66.2 Å². The van der Waals surface area contributed by atoms with Gasteiger partial charge in [0.2, 0.25) is 5.78 Å². The Kier molecular flexibility index (Phi) is 6.97. The van der Waals surface area contributed by atoms with Crippen molar-refractivity contribution in [2.24, 2.45) is 0 Å². The van der Waals surface area contributed by atoms with E-state index in [9.17, 15) is 19.5 Å². The monoisotopic (exact) mass is 480 g/mol. The molecule has 0 unspecified atom stereocenters. The summed E-state index contributed by atoms with van der Waals surface area (Å²) >= 11 is 0. The highest BCUT2D eigenvalue weighted by molar-refractivity contribution is 6.16. The molecule has 6 nitrogen and oxygen atoms in total. The average Bonchev–Trinajstić information content (AvgIpc) is 2.88. The van der Waals surface area contributed by atoms with Gasteiger partial charge >= 0.3 is 5.97 Å². The van der Waals surface area contributed by atoms with Crippen LogP contribution in [0.5, 0.6) is 0 Å². The van der Waals surface area contributed by atoms with Crippen molar-refractivity contribution in [3.63, 3.8) is 0 Å². The van der Waals surface area contributed by atoms with E-state index in [4.69, 9.17) is 0 Å². The molecule has 1 amide bonds. The number of amides is 1. The molecule has 36 heavy (non-hydrogen) atoms. The second kappa shape index (κ2) is 10.1. The summed E-state index contributed by atoms with van der Waals surface area (Å²) in [5.74, 6) is -1.47. The number of benzene rings is 3. The predicted octanol–water partition coefficient (Wildman–Crippen LogP) is 5.11. The summed E-state index contributed by atoms with van der Waals surface area (Å²) in [6.07, 6.45) is 2.20. The summed E-state index contributed by atoms with van der Waals surface area (Å²) in [7, 11) is 0. The Hall–Kier alpha value is -4.32. The van der Waals surface area contributed by atoms with Gasteiger partial charge in [0.25, 0.3) is 5.91 Å². The van der Waals surface area contributed by atoms with Gasteiger partial charge in [0.05, 0.1) is 5.41 Å². The molecule has 4 aromatic rings. The fraction of sp³-hybridized carbons (Fsp3) is 0.200. The highest BCUT2D eigenvalue weighted by Gasteiger charge is 2.32. The Morgan fingerprint density at radius 2 is 1.47 bits per heavy atom. The van der Waals surface area contributed by atoms with E-state index in [0.717, 1.165) is 12.0 Å². The van der Waals surface area contributed by atoms with Crippen LogP contribution in [0.2, 0.25) is 0 Å². The van der Waals surface area contributed by atoms with Crippen molar-refractivity contribution < 1.29 is 19.5 Å². The minimum atomic E-state index is -1.16. The van der Waals surface area contributed by atoms with Crippen molar-refractivity contribution in [3.05, 3.63) is 113 Å². The summed E-state index contributed by atoms with van der Waals surface area (Å²) in [5, 5.41) is 13.9. The minimum Gasteiger partial charge on any atom is -0.481 e. The van der Waals surface area contributed by atoms with Crippen molar-refractivity contribution in [2.75, 3.05) is 6.54 Å². The third-order valence-electron chi connectivity index (χ3n) is 6.45. The van der Waals surface area contributed by atoms with Crippen LogP contribution in [0.25, 0.3) is 10.8 Å². The highest BCUT2D eigenvalue weighted by atomic mass is 16.4. The molecule has 0 fully saturated rings. The first-order valence-corrected chi connectivity index (χ1v) is 11.8. The number of carbonyl (C=O) groups is 3. The molecule has 0 aliphatic heterocycles. The molecule has 3 aromatic carbocycles. The van der Waals surface area contributed by atoms with Gasteiger partial charge in [0, 0.05) is 29.3 Å². The third kappa shape index (κ3) is 5.03. The van der Waals surface area contributed by atoms with E-state index in [1.807, 2.05) is 25.1 Å². The molecule has 182 valence electrons. The molecule has 4 rings (SSSR count). The zero-order valence-electron chi connectivity index (χ0n) is 20.5. The lowest BCUT2D eigenvalue weighted by Crippen LogP contribution is -2.29. The van der Waals surface area contributed by atoms with Crippen LogP contribution in [0.15, 0.2) is 79.0 Å². The lowest BCUT2D eigenvalue weighted by Gasteiger charge is -2.22. The lowest BCUT2D eigenvalue weighted by atomic mass is 9.82. The summed E-state index contributed by atoms with van der Waals surface area (Å²) in [6.45, 7) is 5.78. The fourth-order valence-corrected chi connectivity index (χ4v) is 4.07. The van der Waals surface area contributed by atoms with Gasteiger partial charge in [0.15, 0.2) is 0 Å². The summed E-state index contributed by atoms with van der Waals surface area (Å²) in [5.41, 5.74) is 2.83. The smallest absolute Gasteiger partial charge is 0.313 e. The van der Waals surface area contributed by atoms with E-state index < -0.39 is 11.4 Å². The number of nitrogens with zero attached hydrogens (tertiary/aromatic N) is 1. The SMILES string of the molecule is Cc1ccc(CCNC(=O)c2ccc(C(=O)c3ncc(C(C)(C)C(=O)O)c4ccccc34)cc2)cc1. The number of ketones is 1. The number of hydrogen-bond acceptors (Lipinski definition) is 4. The highest BCUT2D eigenvalue weighted by Crippen LogP contribution is 2.32. The van der Waals surface area contributed by atoms with Crippen molar-refractivity contribution in [3.8, 4) is 0 Å². The number of carboxylic acids is 1. The molecule has 0 atom stereocenters. The fourth-order valence-electron chi connectivity index (χ4n) is 4.07. The molecule has 0 saturated heterocycles. The molecule has 0 aliphatic carbocycles. The first kappa shape index (κ1) is 24.8. The van der Waals surface area contributed by atoms with Gasteiger partial charge in [-0.15, -0.1) is 0 Å². The molecule has 0 saturated carbocycles. The predicted molar refractivity (Wildman–Crippen MR) is 139 cm³/mol. The van der Waals surface area contributed by atoms with E-state index in [-0.39, 0.29) is 17.4 Å². The molecular formula is C30H28N2O4. The molecule has 1 aromatic heterocycles. The second-order valence-electron chi connectivity index (χ2n) is 9.39. The Bertz CT molecular complexity index is 1440. The number of aliphatic carboxylic acids is 1. The van der Waals surface area contributed by atoms with Crippen LogP contribution in [0, 0.1) is 6.92 Å². The number of fused-ring (bicyclic) bond motifs is 1. The van der Waals surface area contributed by atoms with E-state index in [0.29, 0.717) is 34.0 Å². The van der Waals surface area contributed by atoms with Crippen molar-refractivity contribution >= 4 is 28.4 Å². The van der Waals surface area contributed by atoms with E-state index in [1.54, 1.807) is 56.3 Å². The lowest BCUT2D eigenvalue weighted by molar-refractivity contribution is -0.142. The Morgan fingerprint density at radius 3 is 2.11 bits per heavy atom. The van der Waals surface area contributed by atoms with Crippen LogP contribution < -0.4 is 5.32 Å². The van der Waals surface area contributed by atoms with E-state index >= 15 is 0 Å². The molecule has 1 heterocycles. The molecule has 0 bridgehead atoms. The topological polar surface area (TPSA) is 96.4 Å². The molecule has 2 N–H and O–H groups in total. The van der Waals surface area contributed by atoms with Crippen molar-refractivity contribution in [2.45, 2.75) is 32.6 Å². The first-order valence-electron chi connectivity index (χ1n) is 11.8. The maximum atomic E-state index is 13.3. The van der Waals surface area contributed by atoms with Crippen LogP contribution in [0.4, 0.5) is 0 Å². The number of carbonyl (C=O) groups excluding carboxylic acids is 2. The summed E-state index contributed by atoms with van der Waals surface area (Å²) < 4.78 is 0. The van der Waals surface area contributed by atoms with Gasteiger partial charge in [-0.2, -0.15) is 0 Å². The van der Waals surface area contributed by atoms with Gasteiger partial charge in [0.1, 0.15) is 5.69 Å². The Morgan fingerprint density at radius 1 is 0.861 bits per heavy atom. The van der Waals surface area contributed by atoms with Gasteiger partial charge in [-0.3, -0.25) is 19.4 Å². The number of carboxylic acid groups (broad SMARTS) is 1. The summed E-state index contributed by atoms with van der Waals surface area (Å²) in [4.78, 5) is 42.0. The molecule has 0 aliphatic rings. The normalized spacial score (nSPS) is 11.3. The van der Waals surface area contributed by atoms with Crippen molar-refractivity contribution in [1.29, 1.82) is 0 Å². The number of pyridine rings is 1. The largest absolute Gasteiger partial charge is 0.481 e. The van der Waals surface area contributed by atoms with Crippen molar-refractivity contribution in [1.82, 2.24) is 10.3 Å². The van der Waals surface area contributed by atoms with Gasteiger partial charge < -0.3 is 10.4 Å². The number of aryl methyl sites for hydroxylation is 1. The number of nitrogens with one attached hydrogen (secondary N) is 1. The van der Waals surface area contributed by atoms with E-state index in [1.165, 1.54) is 11.8 Å². The van der Waals surface area contributed by atoms with Crippen LogP contribution in [-0.2, 0) is 16.6 Å². The average molecular weight is 481 g/mol. The van der Waals surface area contributed by atoms with E-state index in [2.05, 4.69) is 22.4 Å². The van der Waals surface area contributed by atoms with Crippen LogP contribution >= 0.6 is 0 Å². The van der Waals surface area contributed by atoms with Gasteiger partial charge in [-0.25, -0.2) is 0 Å². The molecule has 6 heteroatoms. The quantitative estimate of drug-likeness (QED) is 0.342. The summed E-state index contributed by atoms with van der Waals surface area (Å²) in [6, 6.07) is 21.8. The molecule has 0 spiro atoms. The molecule has 0 radical (unpaired) electrons. The zero-order valence-corrected chi connectivity index (χ0v) is 20.5. The Labute approximate surface area is 210 Å². The van der Waals surface area contributed by atoms with Gasteiger partial charge in [-0.05, 0) is 55.8 Å². The Balaban J connectivity index is 1.51. The standard InChI is InChI=1S/C30H28N2O4/c1-19-8-10-20(11-9-19)16-17-31-28(34)22-14-12-21(13-15-22)27(33)26-24-7-5-4-6-23(24)25(18-32-26)30(2,3)29(35)36/h4-15,18H,16-17H2,1-3H3,(H,31,34)(H,35,36).